The van der Waals surface area contributed by atoms with E-state index in [2.05, 4.69) is 4.72 Å². The van der Waals surface area contributed by atoms with Crippen molar-refractivity contribution in [3.05, 3.63) is 33.3 Å². The molecule has 7 nitrogen and oxygen atoms in total. The van der Waals surface area contributed by atoms with Crippen LogP contribution in [0.5, 0.6) is 0 Å². The molecule has 0 radical (unpaired) electrons. The van der Waals surface area contributed by atoms with Gasteiger partial charge in [-0.25, -0.2) is 8.42 Å². The summed E-state index contributed by atoms with van der Waals surface area (Å²) in [5.74, 6) is 0. The monoisotopic (exact) mass is 331 g/mol. The lowest BCUT2D eigenvalue weighted by molar-refractivity contribution is -0.384. The zero-order chi connectivity index (χ0) is 16.3. The Morgan fingerprint density at radius 1 is 1.43 bits per heavy atom. The number of nitro groups is 1. The maximum atomic E-state index is 12.3. The Bertz CT molecular complexity index is 693. The third-order valence-corrected chi connectivity index (χ3v) is 5.03. The van der Waals surface area contributed by atoms with Crippen LogP contribution in [0.2, 0.25) is 5.02 Å². The largest absolute Gasteiger partial charge is 0.289 e. The van der Waals surface area contributed by atoms with Crippen LogP contribution in [0.25, 0.3) is 0 Å². The zero-order valence-electron chi connectivity index (χ0n) is 11.5. The molecule has 1 N–H and O–H groups in total. The Kier molecular flexibility index (Phi) is 5.28. The van der Waals surface area contributed by atoms with Gasteiger partial charge in [0.05, 0.1) is 15.9 Å². The Labute approximate surface area is 127 Å². The molecular weight excluding hydrogens is 318 g/mol. The van der Waals surface area contributed by atoms with Gasteiger partial charge < -0.3 is 0 Å². The molecule has 0 heterocycles. The minimum Gasteiger partial charge on any atom is -0.258 e. The van der Waals surface area contributed by atoms with Gasteiger partial charge in [-0.05, 0) is 25.0 Å². The Balaban J connectivity index is 3.30. The number of nitro benzene ring substituents is 1. The van der Waals surface area contributed by atoms with Gasteiger partial charge in [0.1, 0.15) is 10.6 Å². The van der Waals surface area contributed by atoms with Gasteiger partial charge in [-0.2, -0.15) is 9.98 Å². The van der Waals surface area contributed by atoms with Crippen molar-refractivity contribution in [2.45, 2.75) is 37.1 Å². The molecule has 0 unspecified atom stereocenters. The third kappa shape index (κ3) is 3.69. The number of hydrogen-bond acceptors (Lipinski definition) is 5. The van der Waals surface area contributed by atoms with E-state index in [-0.39, 0.29) is 22.8 Å². The predicted octanol–water partition coefficient (Wildman–Crippen LogP) is 2.61. The van der Waals surface area contributed by atoms with E-state index >= 15 is 0 Å². The Hall–Kier alpha value is -1.69. The summed E-state index contributed by atoms with van der Waals surface area (Å²) in [7, 11) is -4.06. The normalized spacial score (nSPS) is 11.9. The summed E-state index contributed by atoms with van der Waals surface area (Å²) in [5, 5.41) is 19.8. The molecule has 1 aromatic rings. The van der Waals surface area contributed by atoms with E-state index in [1.165, 1.54) is 0 Å². The first-order valence-electron chi connectivity index (χ1n) is 6.10. The average Bonchev–Trinajstić information content (AvgIpc) is 2.44. The lowest BCUT2D eigenvalue weighted by atomic mass is 9.97. The van der Waals surface area contributed by atoms with Crippen LogP contribution in [0, 0.1) is 21.4 Å². The summed E-state index contributed by atoms with van der Waals surface area (Å²) in [4.78, 5) is 9.74. The lowest BCUT2D eigenvalue weighted by Gasteiger charge is -2.24. The summed E-state index contributed by atoms with van der Waals surface area (Å²) >= 11 is 5.65. The van der Waals surface area contributed by atoms with Crippen LogP contribution in [0.15, 0.2) is 23.1 Å². The molecule has 0 spiro atoms. The van der Waals surface area contributed by atoms with Crippen LogP contribution < -0.4 is 4.72 Å². The standard InChI is InChI=1S/C12H14ClN3O4S/c1-3-12(4-2,8-14)15-21(19,20)9-5-6-10(13)11(7-9)16(17)18/h5-7,15H,3-4H2,1-2H3. The number of benzene rings is 1. The second kappa shape index (κ2) is 6.39. The van der Waals surface area contributed by atoms with E-state index in [1.54, 1.807) is 13.8 Å². The van der Waals surface area contributed by atoms with Crippen LogP contribution in [0.4, 0.5) is 5.69 Å². The minimum atomic E-state index is -4.06. The molecule has 0 aliphatic heterocycles. The van der Waals surface area contributed by atoms with Crippen LogP contribution in [0.1, 0.15) is 26.7 Å². The van der Waals surface area contributed by atoms with E-state index in [4.69, 9.17) is 16.9 Å². The second-order valence-corrected chi connectivity index (χ2v) is 6.47. The van der Waals surface area contributed by atoms with Crippen LogP contribution in [-0.2, 0) is 10.0 Å². The van der Waals surface area contributed by atoms with Gasteiger partial charge in [0, 0.05) is 6.07 Å². The molecule has 9 heteroatoms. The predicted molar refractivity (Wildman–Crippen MR) is 77.4 cm³/mol. The van der Waals surface area contributed by atoms with Gasteiger partial charge >= 0.3 is 0 Å². The maximum absolute atomic E-state index is 12.3. The van der Waals surface area contributed by atoms with Gasteiger partial charge in [0.2, 0.25) is 10.0 Å². The third-order valence-electron chi connectivity index (χ3n) is 3.18. The van der Waals surface area contributed by atoms with Crippen molar-refractivity contribution in [1.82, 2.24) is 4.72 Å². The summed E-state index contributed by atoms with van der Waals surface area (Å²) in [6, 6.07) is 5.11. The zero-order valence-corrected chi connectivity index (χ0v) is 13.0. The lowest BCUT2D eigenvalue weighted by Crippen LogP contribution is -2.46. The maximum Gasteiger partial charge on any atom is 0.289 e. The highest BCUT2D eigenvalue weighted by molar-refractivity contribution is 7.89. The number of nitriles is 1. The van der Waals surface area contributed by atoms with Gasteiger partial charge in [0.15, 0.2) is 0 Å². The van der Waals surface area contributed by atoms with Gasteiger partial charge in [0.25, 0.3) is 5.69 Å². The van der Waals surface area contributed by atoms with E-state index in [1.807, 2.05) is 6.07 Å². The number of sulfonamides is 1. The molecule has 0 saturated carbocycles. The van der Waals surface area contributed by atoms with Gasteiger partial charge in [-0.3, -0.25) is 10.1 Å². The summed E-state index contributed by atoms with van der Waals surface area (Å²) < 4.78 is 26.9. The van der Waals surface area contributed by atoms with Crippen molar-refractivity contribution in [3.8, 4) is 6.07 Å². The molecule has 0 bridgehead atoms. The highest BCUT2D eigenvalue weighted by Crippen LogP contribution is 2.28. The van der Waals surface area contributed by atoms with E-state index in [0.717, 1.165) is 18.2 Å². The number of rotatable bonds is 6. The second-order valence-electron chi connectivity index (χ2n) is 4.38. The molecule has 0 amide bonds. The molecular formula is C12H14ClN3O4S. The SMILES string of the molecule is CCC(C#N)(CC)NS(=O)(=O)c1ccc(Cl)c([N+](=O)[O-])c1. The smallest absolute Gasteiger partial charge is 0.258 e. The van der Waals surface area contributed by atoms with Crippen molar-refractivity contribution < 1.29 is 13.3 Å². The topological polar surface area (TPSA) is 113 Å². The van der Waals surface area contributed by atoms with E-state index < -0.39 is 26.2 Å². The van der Waals surface area contributed by atoms with Crippen molar-refractivity contribution >= 4 is 27.3 Å². The average molecular weight is 332 g/mol. The van der Waals surface area contributed by atoms with Gasteiger partial charge in [-0.15, -0.1) is 0 Å². The molecule has 21 heavy (non-hydrogen) atoms. The molecule has 0 saturated heterocycles. The molecule has 1 aromatic carbocycles. The fraction of sp³-hybridized carbons (Fsp3) is 0.417. The minimum absolute atomic E-state index is 0.156. The quantitative estimate of drug-likeness (QED) is 0.635. The first kappa shape index (κ1) is 17.4. The Morgan fingerprint density at radius 3 is 2.43 bits per heavy atom. The van der Waals surface area contributed by atoms with Crippen LogP contribution >= 0.6 is 11.6 Å². The summed E-state index contributed by atoms with van der Waals surface area (Å²) in [5.41, 5.74) is -1.75. The first-order valence-corrected chi connectivity index (χ1v) is 7.96. The van der Waals surface area contributed by atoms with Crippen molar-refractivity contribution in [2.75, 3.05) is 0 Å². The van der Waals surface area contributed by atoms with Crippen molar-refractivity contribution in [3.63, 3.8) is 0 Å². The number of hydrogen-bond donors (Lipinski definition) is 1. The summed E-state index contributed by atoms with van der Waals surface area (Å²) in [6.45, 7) is 3.36. The Morgan fingerprint density at radius 2 is 2.00 bits per heavy atom. The summed E-state index contributed by atoms with van der Waals surface area (Å²) in [6.07, 6.45) is 0.545. The molecule has 1 rings (SSSR count). The molecule has 0 aliphatic rings. The first-order chi connectivity index (χ1) is 9.71. The van der Waals surface area contributed by atoms with Crippen molar-refractivity contribution in [1.29, 1.82) is 5.26 Å². The van der Waals surface area contributed by atoms with Crippen LogP contribution in [-0.4, -0.2) is 18.9 Å². The molecule has 0 atom stereocenters. The number of halogens is 1. The fourth-order valence-corrected chi connectivity index (χ4v) is 3.36. The number of nitrogens with one attached hydrogen (secondary N) is 1. The van der Waals surface area contributed by atoms with E-state index in [0.29, 0.717) is 0 Å². The van der Waals surface area contributed by atoms with Gasteiger partial charge in [-0.1, -0.05) is 25.4 Å². The molecule has 0 aromatic heterocycles. The fourth-order valence-electron chi connectivity index (χ4n) is 1.69. The van der Waals surface area contributed by atoms with E-state index in [9.17, 15) is 18.5 Å². The molecule has 114 valence electrons. The molecule has 0 fully saturated rings. The van der Waals surface area contributed by atoms with Crippen molar-refractivity contribution in [2.24, 2.45) is 0 Å². The highest BCUT2D eigenvalue weighted by atomic mass is 35.5. The highest BCUT2D eigenvalue weighted by Gasteiger charge is 2.33. The number of nitrogens with zero attached hydrogens (tertiary/aromatic N) is 2. The molecule has 0 aliphatic carbocycles. The van der Waals surface area contributed by atoms with Crippen LogP contribution in [0.3, 0.4) is 0 Å².